The fourth-order valence-corrected chi connectivity index (χ4v) is 3.87. The fraction of sp³-hybridized carbons (Fsp3) is 0.652. The number of piperidine rings is 1. The normalized spacial score (nSPS) is 18.9. The summed E-state index contributed by atoms with van der Waals surface area (Å²) in [6.07, 6.45) is 1.51. The van der Waals surface area contributed by atoms with E-state index < -0.39 is 5.60 Å². The van der Waals surface area contributed by atoms with Crippen molar-refractivity contribution in [2.75, 3.05) is 45.8 Å². The Hall–Kier alpha value is -2.28. The molecule has 1 aromatic rings. The van der Waals surface area contributed by atoms with Crippen molar-refractivity contribution in [3.05, 3.63) is 29.8 Å². The molecule has 3 rings (SSSR count). The molecule has 0 N–H and O–H groups in total. The molecule has 0 aromatic heterocycles. The standard InChI is InChI=1S/C23H35N3O4/c1-18-5-7-20(8-6-18)29-21(27)26-15-13-24(14-16-26)17-19-9-11-25(12-10-19)22(28)30-23(2,3)4/h5-8,19H,9-17H2,1-4H3. The van der Waals surface area contributed by atoms with Crippen LogP contribution in [0, 0.1) is 12.8 Å². The van der Waals surface area contributed by atoms with E-state index in [1.54, 1.807) is 4.90 Å². The van der Waals surface area contributed by atoms with Crippen molar-refractivity contribution in [2.45, 2.75) is 46.1 Å². The SMILES string of the molecule is Cc1ccc(OC(=O)N2CCN(CC3CCN(C(=O)OC(C)(C)C)CC3)CC2)cc1. The summed E-state index contributed by atoms with van der Waals surface area (Å²) >= 11 is 0. The van der Waals surface area contributed by atoms with E-state index in [-0.39, 0.29) is 12.2 Å². The number of carbonyl (C=O) groups is 2. The molecule has 1 aromatic carbocycles. The minimum Gasteiger partial charge on any atom is -0.444 e. The largest absolute Gasteiger partial charge is 0.444 e. The molecule has 2 saturated heterocycles. The molecule has 0 atom stereocenters. The third-order valence-corrected chi connectivity index (χ3v) is 5.64. The Morgan fingerprint density at radius 3 is 2.03 bits per heavy atom. The second kappa shape index (κ2) is 9.69. The van der Waals surface area contributed by atoms with Gasteiger partial charge in [0.15, 0.2) is 0 Å². The predicted molar refractivity (Wildman–Crippen MR) is 116 cm³/mol. The van der Waals surface area contributed by atoms with E-state index in [9.17, 15) is 9.59 Å². The van der Waals surface area contributed by atoms with Crippen molar-refractivity contribution in [2.24, 2.45) is 5.92 Å². The van der Waals surface area contributed by atoms with Crippen LogP contribution < -0.4 is 4.74 Å². The Balaban J connectivity index is 1.36. The van der Waals surface area contributed by atoms with Gasteiger partial charge in [0.1, 0.15) is 11.4 Å². The highest BCUT2D eigenvalue weighted by Crippen LogP contribution is 2.21. The van der Waals surface area contributed by atoms with Gasteiger partial charge in [-0.3, -0.25) is 4.90 Å². The summed E-state index contributed by atoms with van der Waals surface area (Å²) in [7, 11) is 0. The predicted octanol–water partition coefficient (Wildman–Crippen LogP) is 3.76. The van der Waals surface area contributed by atoms with Gasteiger partial charge in [0.2, 0.25) is 0 Å². The topological polar surface area (TPSA) is 62.3 Å². The van der Waals surface area contributed by atoms with Gasteiger partial charge in [0.05, 0.1) is 0 Å². The number of hydrogen-bond acceptors (Lipinski definition) is 5. The van der Waals surface area contributed by atoms with Crippen molar-refractivity contribution >= 4 is 12.2 Å². The Bertz CT molecular complexity index is 713. The van der Waals surface area contributed by atoms with Crippen molar-refractivity contribution < 1.29 is 19.1 Å². The van der Waals surface area contributed by atoms with Crippen LogP contribution in [0.4, 0.5) is 9.59 Å². The summed E-state index contributed by atoms with van der Waals surface area (Å²) in [5.74, 6) is 1.17. The first-order valence-electron chi connectivity index (χ1n) is 10.9. The van der Waals surface area contributed by atoms with Crippen LogP contribution in [0.2, 0.25) is 0 Å². The number of carbonyl (C=O) groups excluding carboxylic acids is 2. The number of hydrogen-bond donors (Lipinski definition) is 0. The second-order valence-electron chi connectivity index (χ2n) is 9.38. The summed E-state index contributed by atoms with van der Waals surface area (Å²) in [6.45, 7) is 13.3. The molecule has 2 amide bonds. The summed E-state index contributed by atoms with van der Waals surface area (Å²) in [4.78, 5) is 30.6. The molecule has 7 nitrogen and oxygen atoms in total. The molecule has 7 heteroatoms. The number of benzene rings is 1. The molecule has 0 radical (unpaired) electrons. The maximum absolute atomic E-state index is 12.4. The fourth-order valence-electron chi connectivity index (χ4n) is 3.87. The van der Waals surface area contributed by atoms with Crippen LogP contribution in [0.15, 0.2) is 24.3 Å². The zero-order valence-electron chi connectivity index (χ0n) is 18.7. The molecule has 2 aliphatic heterocycles. The minimum absolute atomic E-state index is 0.207. The molecule has 166 valence electrons. The molecule has 0 aliphatic carbocycles. The smallest absolute Gasteiger partial charge is 0.415 e. The number of aryl methyl sites for hydroxylation is 1. The molecule has 30 heavy (non-hydrogen) atoms. The van der Waals surface area contributed by atoms with E-state index >= 15 is 0 Å². The van der Waals surface area contributed by atoms with Gasteiger partial charge in [-0.1, -0.05) is 17.7 Å². The van der Waals surface area contributed by atoms with Crippen LogP contribution in [-0.2, 0) is 4.74 Å². The lowest BCUT2D eigenvalue weighted by molar-refractivity contribution is 0.0162. The van der Waals surface area contributed by atoms with Crippen molar-refractivity contribution in [3.63, 3.8) is 0 Å². The molecule has 0 spiro atoms. The summed E-state index contributed by atoms with van der Waals surface area (Å²) in [5, 5.41) is 0. The van der Waals surface area contributed by atoms with Crippen LogP contribution in [0.25, 0.3) is 0 Å². The molecule has 2 fully saturated rings. The number of ether oxygens (including phenoxy) is 2. The van der Waals surface area contributed by atoms with E-state index in [0.717, 1.165) is 51.1 Å². The van der Waals surface area contributed by atoms with Gasteiger partial charge in [-0.05, 0) is 58.6 Å². The zero-order valence-corrected chi connectivity index (χ0v) is 18.7. The van der Waals surface area contributed by atoms with Gasteiger partial charge in [-0.2, -0.15) is 0 Å². The summed E-state index contributed by atoms with van der Waals surface area (Å²) < 4.78 is 11.0. The number of amides is 2. The lowest BCUT2D eigenvalue weighted by Crippen LogP contribution is -2.51. The molecule has 0 bridgehead atoms. The molecular formula is C23H35N3O4. The maximum atomic E-state index is 12.4. The van der Waals surface area contributed by atoms with Gasteiger partial charge in [0.25, 0.3) is 0 Å². The first kappa shape index (κ1) is 22.4. The highest BCUT2D eigenvalue weighted by Gasteiger charge is 2.29. The highest BCUT2D eigenvalue weighted by atomic mass is 16.6. The van der Waals surface area contributed by atoms with Crippen molar-refractivity contribution in [3.8, 4) is 5.75 Å². The Morgan fingerprint density at radius 2 is 1.47 bits per heavy atom. The summed E-state index contributed by atoms with van der Waals surface area (Å²) in [5.41, 5.74) is 0.689. The van der Waals surface area contributed by atoms with Crippen LogP contribution in [0.5, 0.6) is 5.75 Å². The van der Waals surface area contributed by atoms with Gasteiger partial charge in [-0.15, -0.1) is 0 Å². The lowest BCUT2D eigenvalue weighted by Gasteiger charge is -2.38. The molecular weight excluding hydrogens is 382 g/mol. The van der Waals surface area contributed by atoms with E-state index in [0.29, 0.717) is 24.8 Å². The minimum atomic E-state index is -0.450. The first-order valence-corrected chi connectivity index (χ1v) is 10.9. The van der Waals surface area contributed by atoms with Gasteiger partial charge in [0, 0.05) is 45.8 Å². The Kier molecular flexibility index (Phi) is 7.23. The Labute approximate surface area is 179 Å². The average molecular weight is 418 g/mol. The Morgan fingerprint density at radius 1 is 0.900 bits per heavy atom. The van der Waals surface area contributed by atoms with Gasteiger partial charge < -0.3 is 19.3 Å². The maximum Gasteiger partial charge on any atom is 0.415 e. The molecule has 2 aliphatic rings. The molecule has 2 heterocycles. The third kappa shape index (κ3) is 6.62. The highest BCUT2D eigenvalue weighted by molar-refractivity contribution is 5.70. The number of nitrogens with zero attached hydrogens (tertiary/aromatic N) is 3. The van der Waals surface area contributed by atoms with E-state index in [1.807, 2.05) is 56.9 Å². The number of rotatable bonds is 3. The zero-order chi connectivity index (χ0) is 21.7. The van der Waals surface area contributed by atoms with Gasteiger partial charge >= 0.3 is 12.2 Å². The quantitative estimate of drug-likeness (QED) is 0.749. The van der Waals surface area contributed by atoms with Crippen molar-refractivity contribution in [1.29, 1.82) is 0 Å². The lowest BCUT2D eigenvalue weighted by atomic mass is 9.96. The second-order valence-corrected chi connectivity index (χ2v) is 9.38. The first-order chi connectivity index (χ1) is 14.2. The number of piperazine rings is 1. The van der Waals surface area contributed by atoms with Crippen LogP contribution in [-0.4, -0.2) is 78.3 Å². The number of likely N-dealkylation sites (tertiary alicyclic amines) is 1. The third-order valence-electron chi connectivity index (χ3n) is 5.64. The molecule has 0 unspecified atom stereocenters. The monoisotopic (exact) mass is 417 g/mol. The van der Waals surface area contributed by atoms with Crippen molar-refractivity contribution in [1.82, 2.24) is 14.7 Å². The van der Waals surface area contributed by atoms with E-state index in [1.165, 1.54) is 0 Å². The van der Waals surface area contributed by atoms with E-state index in [4.69, 9.17) is 9.47 Å². The van der Waals surface area contributed by atoms with Crippen LogP contribution in [0.3, 0.4) is 0 Å². The van der Waals surface area contributed by atoms with Gasteiger partial charge in [-0.25, -0.2) is 9.59 Å². The van der Waals surface area contributed by atoms with Crippen LogP contribution in [0.1, 0.15) is 39.2 Å². The molecule has 0 saturated carbocycles. The average Bonchev–Trinajstić information content (AvgIpc) is 2.69. The summed E-state index contributed by atoms with van der Waals surface area (Å²) in [6, 6.07) is 7.53. The van der Waals surface area contributed by atoms with Crippen LogP contribution >= 0.6 is 0 Å². The van der Waals surface area contributed by atoms with E-state index in [2.05, 4.69) is 4.90 Å².